The molecular weight excluding hydrogens is 200 g/mol. The van der Waals surface area contributed by atoms with E-state index in [9.17, 15) is 0 Å². The molecule has 0 saturated carbocycles. The van der Waals surface area contributed by atoms with Crippen LogP contribution in [0.1, 0.15) is 40.0 Å². The molecule has 3 heteroatoms. The molecule has 0 fully saturated rings. The average Bonchev–Trinajstić information content (AvgIpc) is 2.33. The smallest absolute Gasteiger partial charge is 0.0443 e. The van der Waals surface area contributed by atoms with Crippen LogP contribution in [0.15, 0.2) is 0 Å². The molecule has 98 valence electrons. The summed E-state index contributed by atoms with van der Waals surface area (Å²) in [5.41, 5.74) is 0.389. The molecule has 16 heavy (non-hydrogen) atoms. The third-order valence-electron chi connectivity index (χ3n) is 3.69. The second-order valence-corrected chi connectivity index (χ2v) is 4.68. The Morgan fingerprint density at radius 2 is 1.81 bits per heavy atom. The van der Waals surface area contributed by atoms with Crippen molar-refractivity contribution in [1.29, 1.82) is 0 Å². The fourth-order valence-corrected chi connectivity index (χ4v) is 2.27. The Bertz CT molecular complexity index is 158. The fraction of sp³-hybridized carbons (Fsp3) is 1.00. The van der Waals surface area contributed by atoms with E-state index in [4.69, 9.17) is 5.11 Å². The van der Waals surface area contributed by atoms with Crippen LogP contribution in [-0.2, 0) is 0 Å². The Balaban J connectivity index is 4.32. The van der Waals surface area contributed by atoms with Gasteiger partial charge in [-0.05, 0) is 38.3 Å². The number of aliphatic hydroxyl groups is 1. The van der Waals surface area contributed by atoms with Crippen LogP contribution >= 0.6 is 0 Å². The minimum absolute atomic E-state index is 0.299. The predicted octanol–water partition coefficient (Wildman–Crippen LogP) is 1.72. The van der Waals surface area contributed by atoms with Gasteiger partial charge in [0.1, 0.15) is 0 Å². The van der Waals surface area contributed by atoms with Gasteiger partial charge in [0.15, 0.2) is 0 Å². The molecule has 0 bridgehead atoms. The third kappa shape index (κ3) is 5.28. The van der Waals surface area contributed by atoms with Crippen molar-refractivity contribution < 1.29 is 5.11 Å². The number of hydrogen-bond donors (Lipinski definition) is 2. The third-order valence-corrected chi connectivity index (χ3v) is 3.69. The van der Waals surface area contributed by atoms with E-state index in [0.717, 1.165) is 32.6 Å². The van der Waals surface area contributed by atoms with Gasteiger partial charge in [0.05, 0.1) is 0 Å². The summed E-state index contributed by atoms with van der Waals surface area (Å²) in [7, 11) is 2.03. The zero-order chi connectivity index (χ0) is 12.4. The quantitative estimate of drug-likeness (QED) is 0.600. The van der Waals surface area contributed by atoms with Crippen molar-refractivity contribution in [3.63, 3.8) is 0 Å². The highest BCUT2D eigenvalue weighted by molar-refractivity contribution is 4.82. The first-order chi connectivity index (χ1) is 7.67. The molecule has 0 aliphatic rings. The first-order valence-corrected chi connectivity index (χ1v) is 6.65. The Labute approximate surface area is 101 Å². The summed E-state index contributed by atoms with van der Waals surface area (Å²) in [6, 6.07) is 0. The SMILES string of the molecule is CCN(CCCO)CC(CC)(CC)CNC. The number of nitrogens with zero attached hydrogens (tertiary/aromatic N) is 1. The zero-order valence-electron chi connectivity index (χ0n) is 11.6. The summed E-state index contributed by atoms with van der Waals surface area (Å²) in [6.45, 7) is 11.4. The van der Waals surface area contributed by atoms with Gasteiger partial charge >= 0.3 is 0 Å². The van der Waals surface area contributed by atoms with Crippen molar-refractivity contribution in [2.45, 2.75) is 40.0 Å². The Morgan fingerprint density at radius 1 is 1.19 bits per heavy atom. The Hall–Kier alpha value is -0.120. The van der Waals surface area contributed by atoms with Crippen molar-refractivity contribution in [2.24, 2.45) is 5.41 Å². The molecule has 0 aromatic heterocycles. The lowest BCUT2D eigenvalue weighted by Crippen LogP contribution is -2.43. The van der Waals surface area contributed by atoms with Gasteiger partial charge < -0.3 is 15.3 Å². The number of hydrogen-bond acceptors (Lipinski definition) is 3. The monoisotopic (exact) mass is 230 g/mol. The van der Waals surface area contributed by atoms with Crippen LogP contribution in [0.3, 0.4) is 0 Å². The first-order valence-electron chi connectivity index (χ1n) is 6.65. The predicted molar refractivity (Wildman–Crippen MR) is 70.8 cm³/mol. The zero-order valence-corrected chi connectivity index (χ0v) is 11.6. The van der Waals surface area contributed by atoms with Crippen molar-refractivity contribution >= 4 is 0 Å². The van der Waals surface area contributed by atoms with Crippen LogP contribution in [0.25, 0.3) is 0 Å². The van der Waals surface area contributed by atoms with E-state index in [1.54, 1.807) is 0 Å². The molecule has 0 aliphatic heterocycles. The molecule has 0 spiro atoms. The molecule has 2 N–H and O–H groups in total. The van der Waals surface area contributed by atoms with Gasteiger partial charge in [-0.3, -0.25) is 0 Å². The minimum atomic E-state index is 0.299. The lowest BCUT2D eigenvalue weighted by molar-refractivity contribution is 0.132. The van der Waals surface area contributed by atoms with Gasteiger partial charge in [0.2, 0.25) is 0 Å². The van der Waals surface area contributed by atoms with E-state index in [1.807, 2.05) is 7.05 Å². The molecular formula is C13H30N2O. The normalized spacial score (nSPS) is 12.4. The summed E-state index contributed by atoms with van der Waals surface area (Å²) in [6.07, 6.45) is 3.30. The highest BCUT2D eigenvalue weighted by Gasteiger charge is 2.27. The maximum atomic E-state index is 8.89. The van der Waals surface area contributed by atoms with Gasteiger partial charge in [-0.25, -0.2) is 0 Å². The van der Waals surface area contributed by atoms with Gasteiger partial charge in [-0.15, -0.1) is 0 Å². The molecule has 3 nitrogen and oxygen atoms in total. The maximum Gasteiger partial charge on any atom is 0.0443 e. The van der Waals surface area contributed by atoms with Crippen LogP contribution in [0.4, 0.5) is 0 Å². The first kappa shape index (κ1) is 15.9. The second-order valence-electron chi connectivity index (χ2n) is 4.68. The van der Waals surface area contributed by atoms with Crippen LogP contribution in [0.5, 0.6) is 0 Å². The van der Waals surface area contributed by atoms with Crippen LogP contribution in [0.2, 0.25) is 0 Å². The van der Waals surface area contributed by atoms with Gasteiger partial charge in [0.25, 0.3) is 0 Å². The number of aliphatic hydroxyl groups excluding tert-OH is 1. The molecule has 0 radical (unpaired) electrons. The highest BCUT2D eigenvalue weighted by Crippen LogP contribution is 2.26. The fourth-order valence-electron chi connectivity index (χ4n) is 2.27. The van der Waals surface area contributed by atoms with Crippen LogP contribution in [0, 0.1) is 5.41 Å². The lowest BCUT2D eigenvalue weighted by Gasteiger charge is -2.37. The molecule has 0 aromatic rings. The Morgan fingerprint density at radius 3 is 2.19 bits per heavy atom. The average molecular weight is 230 g/mol. The molecule has 0 amide bonds. The number of rotatable bonds is 10. The van der Waals surface area contributed by atoms with Crippen molar-refractivity contribution in [3.05, 3.63) is 0 Å². The van der Waals surface area contributed by atoms with Crippen LogP contribution < -0.4 is 5.32 Å². The minimum Gasteiger partial charge on any atom is -0.396 e. The topological polar surface area (TPSA) is 35.5 Å². The van der Waals surface area contributed by atoms with E-state index in [2.05, 4.69) is 31.0 Å². The van der Waals surface area contributed by atoms with Crippen molar-refractivity contribution in [3.8, 4) is 0 Å². The molecule has 0 heterocycles. The largest absolute Gasteiger partial charge is 0.396 e. The molecule has 0 aliphatic carbocycles. The van der Waals surface area contributed by atoms with Gasteiger partial charge in [0, 0.05) is 26.2 Å². The molecule has 0 saturated heterocycles. The van der Waals surface area contributed by atoms with E-state index in [0.29, 0.717) is 12.0 Å². The van der Waals surface area contributed by atoms with E-state index < -0.39 is 0 Å². The summed E-state index contributed by atoms with van der Waals surface area (Å²) in [5, 5.41) is 12.2. The highest BCUT2D eigenvalue weighted by atomic mass is 16.3. The summed E-state index contributed by atoms with van der Waals surface area (Å²) in [5.74, 6) is 0. The lowest BCUT2D eigenvalue weighted by atomic mass is 9.81. The summed E-state index contributed by atoms with van der Waals surface area (Å²) < 4.78 is 0. The standard InChI is InChI=1S/C13H30N2O/c1-5-13(6-2,11-14-4)12-15(7-3)9-8-10-16/h14,16H,5-12H2,1-4H3. The van der Waals surface area contributed by atoms with E-state index >= 15 is 0 Å². The van der Waals surface area contributed by atoms with E-state index in [-0.39, 0.29) is 0 Å². The molecule has 0 atom stereocenters. The summed E-state index contributed by atoms with van der Waals surface area (Å²) >= 11 is 0. The second kappa shape index (κ2) is 8.97. The number of nitrogens with one attached hydrogen (secondary N) is 1. The van der Waals surface area contributed by atoms with Gasteiger partial charge in [-0.1, -0.05) is 20.8 Å². The Kier molecular flexibility index (Phi) is 8.90. The molecule has 0 rings (SSSR count). The van der Waals surface area contributed by atoms with Crippen LogP contribution in [-0.4, -0.2) is 49.8 Å². The van der Waals surface area contributed by atoms with Crippen molar-refractivity contribution in [2.75, 3.05) is 39.8 Å². The molecule has 0 unspecified atom stereocenters. The maximum absolute atomic E-state index is 8.89. The van der Waals surface area contributed by atoms with E-state index in [1.165, 1.54) is 12.8 Å². The summed E-state index contributed by atoms with van der Waals surface area (Å²) in [4.78, 5) is 2.46. The molecule has 0 aromatic carbocycles. The van der Waals surface area contributed by atoms with Gasteiger partial charge in [-0.2, -0.15) is 0 Å². The van der Waals surface area contributed by atoms with Crippen molar-refractivity contribution in [1.82, 2.24) is 10.2 Å².